The third-order valence-corrected chi connectivity index (χ3v) is 3.86. The molecule has 1 aliphatic heterocycles. The molecule has 2 amide bonds. The average Bonchev–Trinajstić information content (AvgIpc) is 2.47. The summed E-state index contributed by atoms with van der Waals surface area (Å²) in [4.78, 5) is 27.9. The van der Waals surface area contributed by atoms with Gasteiger partial charge < -0.3 is 15.5 Å². The van der Waals surface area contributed by atoms with E-state index in [0.29, 0.717) is 11.1 Å². The van der Waals surface area contributed by atoms with Gasteiger partial charge in [0.25, 0.3) is 5.91 Å². The zero-order valence-electron chi connectivity index (χ0n) is 12.1. The van der Waals surface area contributed by atoms with E-state index in [2.05, 4.69) is 11.8 Å². The molecule has 0 aliphatic carbocycles. The summed E-state index contributed by atoms with van der Waals surface area (Å²) in [6, 6.07) is 5.14. The van der Waals surface area contributed by atoms with Crippen LogP contribution in [0.15, 0.2) is 18.2 Å². The van der Waals surface area contributed by atoms with E-state index in [1.54, 1.807) is 18.2 Å². The first kappa shape index (κ1) is 14.5. The van der Waals surface area contributed by atoms with Crippen LogP contribution in [0.25, 0.3) is 0 Å². The molecule has 0 saturated carbocycles. The largest absolute Gasteiger partial charge is 0.366 e. The molecule has 2 rings (SSSR count). The van der Waals surface area contributed by atoms with Crippen LogP contribution in [0.3, 0.4) is 0 Å². The Kier molecular flexibility index (Phi) is 4.39. The Morgan fingerprint density at radius 2 is 1.85 bits per heavy atom. The number of amides is 2. The molecule has 1 aliphatic rings. The van der Waals surface area contributed by atoms with Gasteiger partial charge in [-0.3, -0.25) is 9.59 Å². The molecule has 0 spiro atoms. The van der Waals surface area contributed by atoms with Crippen LogP contribution in [-0.2, 0) is 0 Å². The summed E-state index contributed by atoms with van der Waals surface area (Å²) >= 11 is 0. The molecule has 1 heterocycles. The van der Waals surface area contributed by atoms with Crippen molar-refractivity contribution in [2.24, 2.45) is 5.73 Å². The predicted octanol–water partition coefficient (Wildman–Crippen LogP) is 0.872. The first-order chi connectivity index (χ1) is 9.52. The summed E-state index contributed by atoms with van der Waals surface area (Å²) in [6.07, 6.45) is 0. The minimum Gasteiger partial charge on any atom is -0.366 e. The fourth-order valence-electron chi connectivity index (χ4n) is 2.47. The van der Waals surface area contributed by atoms with E-state index < -0.39 is 5.91 Å². The number of carbonyl (C=O) groups excluding carboxylic acids is 2. The summed E-state index contributed by atoms with van der Waals surface area (Å²) in [5.41, 5.74) is 7.08. The quantitative estimate of drug-likeness (QED) is 0.890. The summed E-state index contributed by atoms with van der Waals surface area (Å²) in [5, 5.41) is 0. The van der Waals surface area contributed by atoms with Crippen molar-refractivity contribution in [2.75, 3.05) is 32.7 Å². The van der Waals surface area contributed by atoms with Crippen molar-refractivity contribution in [1.82, 2.24) is 9.80 Å². The van der Waals surface area contributed by atoms with Crippen LogP contribution in [0.1, 0.15) is 33.2 Å². The molecule has 0 radical (unpaired) electrons. The van der Waals surface area contributed by atoms with Crippen molar-refractivity contribution in [3.05, 3.63) is 34.9 Å². The van der Waals surface area contributed by atoms with Gasteiger partial charge in [-0.1, -0.05) is 13.0 Å². The molecule has 1 fully saturated rings. The highest BCUT2D eigenvalue weighted by atomic mass is 16.2. The molecule has 0 atom stereocenters. The van der Waals surface area contributed by atoms with Gasteiger partial charge in [0.05, 0.1) is 0 Å². The second-order valence-corrected chi connectivity index (χ2v) is 5.12. The molecular formula is C15H21N3O2. The van der Waals surface area contributed by atoms with Gasteiger partial charge in [0, 0.05) is 37.3 Å². The zero-order valence-corrected chi connectivity index (χ0v) is 12.1. The summed E-state index contributed by atoms with van der Waals surface area (Å²) in [6.45, 7) is 8.20. The van der Waals surface area contributed by atoms with Crippen LogP contribution in [0.5, 0.6) is 0 Å². The highest BCUT2D eigenvalue weighted by Crippen LogP contribution is 2.14. The Balaban J connectivity index is 2.14. The SMILES string of the molecule is CCN1CCN(C(=O)c2ccc(C)c(C(N)=O)c2)CC1. The van der Waals surface area contributed by atoms with Gasteiger partial charge in [-0.05, 0) is 31.2 Å². The molecule has 20 heavy (non-hydrogen) atoms. The van der Waals surface area contributed by atoms with E-state index in [4.69, 9.17) is 5.73 Å². The first-order valence-electron chi connectivity index (χ1n) is 6.95. The molecular weight excluding hydrogens is 254 g/mol. The standard InChI is InChI=1S/C15H21N3O2/c1-3-17-6-8-18(9-7-17)15(20)12-5-4-11(2)13(10-12)14(16)19/h4-5,10H,3,6-9H2,1-2H3,(H2,16,19). The lowest BCUT2D eigenvalue weighted by atomic mass is 10.0. The molecule has 5 heteroatoms. The smallest absolute Gasteiger partial charge is 0.253 e. The average molecular weight is 275 g/mol. The van der Waals surface area contributed by atoms with E-state index in [-0.39, 0.29) is 5.91 Å². The Labute approximate surface area is 119 Å². The minimum absolute atomic E-state index is 0.0248. The lowest BCUT2D eigenvalue weighted by Gasteiger charge is -2.34. The predicted molar refractivity (Wildman–Crippen MR) is 77.7 cm³/mol. The van der Waals surface area contributed by atoms with Crippen molar-refractivity contribution >= 4 is 11.8 Å². The Bertz CT molecular complexity index is 520. The number of hydrogen-bond acceptors (Lipinski definition) is 3. The number of carbonyl (C=O) groups is 2. The Morgan fingerprint density at radius 3 is 2.40 bits per heavy atom. The van der Waals surface area contributed by atoms with Crippen molar-refractivity contribution in [3.63, 3.8) is 0 Å². The number of aryl methyl sites for hydroxylation is 1. The van der Waals surface area contributed by atoms with E-state index in [1.807, 2.05) is 11.8 Å². The molecule has 0 bridgehead atoms. The fourth-order valence-corrected chi connectivity index (χ4v) is 2.47. The maximum atomic E-state index is 12.4. The Morgan fingerprint density at radius 1 is 1.20 bits per heavy atom. The van der Waals surface area contributed by atoms with Crippen molar-refractivity contribution < 1.29 is 9.59 Å². The number of nitrogens with two attached hydrogens (primary N) is 1. The minimum atomic E-state index is -0.493. The van der Waals surface area contributed by atoms with Gasteiger partial charge in [-0.15, -0.1) is 0 Å². The number of likely N-dealkylation sites (N-methyl/N-ethyl adjacent to an activating group) is 1. The molecule has 108 valence electrons. The van der Waals surface area contributed by atoms with Gasteiger partial charge in [0.2, 0.25) is 5.91 Å². The van der Waals surface area contributed by atoms with Gasteiger partial charge in [0.15, 0.2) is 0 Å². The monoisotopic (exact) mass is 275 g/mol. The third-order valence-electron chi connectivity index (χ3n) is 3.86. The summed E-state index contributed by atoms with van der Waals surface area (Å²) < 4.78 is 0. The highest BCUT2D eigenvalue weighted by molar-refractivity contribution is 6.00. The molecule has 1 aromatic carbocycles. The number of primary amides is 1. The third kappa shape index (κ3) is 2.99. The normalized spacial score (nSPS) is 16.2. The van der Waals surface area contributed by atoms with Crippen molar-refractivity contribution in [3.8, 4) is 0 Å². The van der Waals surface area contributed by atoms with Crippen LogP contribution in [0, 0.1) is 6.92 Å². The van der Waals surface area contributed by atoms with Crippen LogP contribution in [0.4, 0.5) is 0 Å². The van der Waals surface area contributed by atoms with Crippen LogP contribution < -0.4 is 5.73 Å². The maximum absolute atomic E-state index is 12.4. The highest BCUT2D eigenvalue weighted by Gasteiger charge is 2.22. The van der Waals surface area contributed by atoms with Gasteiger partial charge in [-0.25, -0.2) is 0 Å². The lowest BCUT2D eigenvalue weighted by Crippen LogP contribution is -2.48. The number of piperazine rings is 1. The molecule has 5 nitrogen and oxygen atoms in total. The van der Waals surface area contributed by atoms with Gasteiger partial charge in [-0.2, -0.15) is 0 Å². The van der Waals surface area contributed by atoms with E-state index in [9.17, 15) is 9.59 Å². The maximum Gasteiger partial charge on any atom is 0.253 e. The lowest BCUT2D eigenvalue weighted by molar-refractivity contribution is 0.0643. The number of hydrogen-bond donors (Lipinski definition) is 1. The summed E-state index contributed by atoms with van der Waals surface area (Å²) in [5.74, 6) is -0.517. The zero-order chi connectivity index (χ0) is 14.7. The molecule has 1 saturated heterocycles. The second-order valence-electron chi connectivity index (χ2n) is 5.12. The first-order valence-corrected chi connectivity index (χ1v) is 6.95. The fraction of sp³-hybridized carbons (Fsp3) is 0.467. The van der Waals surface area contributed by atoms with Crippen LogP contribution >= 0.6 is 0 Å². The number of benzene rings is 1. The molecule has 2 N–H and O–H groups in total. The van der Waals surface area contributed by atoms with Crippen molar-refractivity contribution in [2.45, 2.75) is 13.8 Å². The molecule has 0 aromatic heterocycles. The summed E-state index contributed by atoms with van der Waals surface area (Å²) in [7, 11) is 0. The number of rotatable bonds is 3. The second kappa shape index (κ2) is 6.05. The molecule has 1 aromatic rings. The molecule has 0 unspecified atom stereocenters. The van der Waals surface area contributed by atoms with Gasteiger partial charge in [0.1, 0.15) is 0 Å². The van der Waals surface area contributed by atoms with E-state index in [1.165, 1.54) is 0 Å². The van der Waals surface area contributed by atoms with Crippen LogP contribution in [0.2, 0.25) is 0 Å². The number of nitrogens with zero attached hydrogens (tertiary/aromatic N) is 2. The van der Waals surface area contributed by atoms with E-state index in [0.717, 1.165) is 38.3 Å². The van der Waals surface area contributed by atoms with Gasteiger partial charge >= 0.3 is 0 Å². The topological polar surface area (TPSA) is 66.6 Å². The van der Waals surface area contributed by atoms with Crippen molar-refractivity contribution in [1.29, 1.82) is 0 Å². The Hall–Kier alpha value is -1.88. The van der Waals surface area contributed by atoms with E-state index >= 15 is 0 Å². The van der Waals surface area contributed by atoms with Crippen LogP contribution in [-0.4, -0.2) is 54.3 Å².